The first kappa shape index (κ1) is 22.9. The fourth-order valence-corrected chi connectivity index (χ4v) is 4.41. The van der Waals surface area contributed by atoms with Crippen molar-refractivity contribution in [3.8, 4) is 0 Å². The Bertz CT molecular complexity index is 1030. The van der Waals surface area contributed by atoms with E-state index in [2.05, 4.69) is 24.4 Å². The topological polar surface area (TPSA) is 66.5 Å². The van der Waals surface area contributed by atoms with Crippen molar-refractivity contribution in [2.75, 3.05) is 11.9 Å². The number of thioether (sulfide) groups is 1. The molecule has 1 aliphatic heterocycles. The van der Waals surface area contributed by atoms with Gasteiger partial charge in [-0.15, -0.1) is 0 Å². The third-order valence-electron chi connectivity index (χ3n) is 4.92. The lowest BCUT2D eigenvalue weighted by atomic mass is 10.1. The molecule has 0 bridgehead atoms. The Morgan fingerprint density at radius 2 is 1.77 bits per heavy atom. The number of carbonyl (C=O) groups is 3. The Labute approximate surface area is 191 Å². The molecule has 31 heavy (non-hydrogen) atoms. The molecule has 2 amide bonds. The maximum Gasteiger partial charge on any atom is 0.266 e. The van der Waals surface area contributed by atoms with Gasteiger partial charge in [-0.3, -0.25) is 19.3 Å². The lowest BCUT2D eigenvalue weighted by Gasteiger charge is -2.14. The Kier molecular flexibility index (Phi) is 7.76. The van der Waals surface area contributed by atoms with E-state index in [4.69, 9.17) is 12.2 Å². The normalized spacial score (nSPS) is 14.9. The van der Waals surface area contributed by atoms with Gasteiger partial charge in [0.1, 0.15) is 4.32 Å². The van der Waals surface area contributed by atoms with E-state index in [9.17, 15) is 14.4 Å². The number of anilines is 1. The Morgan fingerprint density at radius 3 is 2.39 bits per heavy atom. The van der Waals surface area contributed by atoms with Crippen LogP contribution in [0.1, 0.15) is 48.2 Å². The molecule has 1 aliphatic rings. The summed E-state index contributed by atoms with van der Waals surface area (Å²) in [5.41, 5.74) is 3.45. The van der Waals surface area contributed by atoms with Crippen molar-refractivity contribution in [3.63, 3.8) is 0 Å². The Balaban J connectivity index is 1.51. The van der Waals surface area contributed by atoms with Crippen molar-refractivity contribution >= 4 is 57.7 Å². The number of rotatable bonds is 8. The summed E-state index contributed by atoms with van der Waals surface area (Å²) in [6, 6.07) is 14.9. The number of carbonyl (C=O) groups excluding carboxylic acids is 3. The highest BCUT2D eigenvalue weighted by Gasteiger charge is 2.31. The number of nitrogens with zero attached hydrogens (tertiary/aromatic N) is 1. The molecule has 0 atom stereocenters. The van der Waals surface area contributed by atoms with Gasteiger partial charge in [0, 0.05) is 24.2 Å². The summed E-state index contributed by atoms with van der Waals surface area (Å²) < 4.78 is 0.515. The van der Waals surface area contributed by atoms with Crippen molar-refractivity contribution < 1.29 is 14.4 Å². The standard InChI is InChI=1S/C24H24N2O3S2/c1-3-17-6-8-18(9-7-17)15-21-23(29)26(24(30)31-21)14-4-5-22(28)25-20-12-10-19(11-13-20)16(2)27/h6-13,15H,3-5,14H2,1-2H3,(H,25,28)/b21-15+. The van der Waals surface area contributed by atoms with Crippen LogP contribution in [0.5, 0.6) is 0 Å². The molecule has 0 unspecified atom stereocenters. The molecule has 1 fully saturated rings. The van der Waals surface area contributed by atoms with Crippen molar-refractivity contribution in [1.29, 1.82) is 0 Å². The zero-order valence-corrected chi connectivity index (χ0v) is 19.1. The first-order valence-corrected chi connectivity index (χ1v) is 11.3. The summed E-state index contributed by atoms with van der Waals surface area (Å²) in [6.45, 7) is 4.00. The maximum atomic E-state index is 12.7. The fraction of sp³-hybridized carbons (Fsp3) is 0.250. The van der Waals surface area contributed by atoms with Crippen LogP contribution in [0.3, 0.4) is 0 Å². The van der Waals surface area contributed by atoms with Crippen LogP contribution < -0.4 is 5.32 Å². The van der Waals surface area contributed by atoms with Gasteiger partial charge in [-0.25, -0.2) is 0 Å². The number of ketones is 1. The molecular formula is C24H24N2O3S2. The van der Waals surface area contributed by atoms with Gasteiger partial charge in [0.05, 0.1) is 4.91 Å². The van der Waals surface area contributed by atoms with E-state index in [1.807, 2.05) is 18.2 Å². The monoisotopic (exact) mass is 452 g/mol. The third kappa shape index (κ3) is 6.12. The lowest BCUT2D eigenvalue weighted by molar-refractivity contribution is -0.122. The molecule has 5 nitrogen and oxygen atoms in total. The van der Waals surface area contributed by atoms with Crippen LogP contribution in [0.4, 0.5) is 5.69 Å². The van der Waals surface area contributed by atoms with Crippen LogP contribution >= 0.6 is 24.0 Å². The van der Waals surface area contributed by atoms with Gasteiger partial charge in [0.15, 0.2) is 5.78 Å². The highest BCUT2D eigenvalue weighted by Crippen LogP contribution is 2.32. The average Bonchev–Trinajstić information content (AvgIpc) is 3.02. The van der Waals surface area contributed by atoms with E-state index >= 15 is 0 Å². The molecular weight excluding hydrogens is 428 g/mol. The highest BCUT2D eigenvalue weighted by molar-refractivity contribution is 8.26. The van der Waals surface area contributed by atoms with Crippen LogP contribution in [0.15, 0.2) is 53.4 Å². The van der Waals surface area contributed by atoms with Crippen LogP contribution in [0.25, 0.3) is 6.08 Å². The molecule has 7 heteroatoms. The van der Waals surface area contributed by atoms with Crippen LogP contribution in [-0.4, -0.2) is 33.4 Å². The van der Waals surface area contributed by atoms with Crippen molar-refractivity contribution in [2.24, 2.45) is 0 Å². The van der Waals surface area contributed by atoms with Gasteiger partial charge >= 0.3 is 0 Å². The smallest absolute Gasteiger partial charge is 0.266 e. The quantitative estimate of drug-likeness (QED) is 0.344. The van der Waals surface area contributed by atoms with E-state index in [1.54, 1.807) is 29.2 Å². The largest absolute Gasteiger partial charge is 0.326 e. The minimum atomic E-state index is -0.146. The van der Waals surface area contributed by atoms with Gasteiger partial charge in [-0.2, -0.15) is 0 Å². The number of thiocarbonyl (C=S) groups is 1. The first-order chi connectivity index (χ1) is 14.9. The van der Waals surface area contributed by atoms with Crippen LogP contribution in [0, 0.1) is 0 Å². The molecule has 0 radical (unpaired) electrons. The molecule has 2 aromatic rings. The molecule has 3 rings (SSSR count). The summed E-state index contributed by atoms with van der Waals surface area (Å²) in [7, 11) is 0. The second-order valence-electron chi connectivity index (χ2n) is 7.21. The molecule has 1 N–H and O–H groups in total. The average molecular weight is 453 g/mol. The van der Waals surface area contributed by atoms with Crippen LogP contribution in [0.2, 0.25) is 0 Å². The molecule has 0 spiro atoms. The molecule has 160 valence electrons. The number of nitrogens with one attached hydrogen (secondary N) is 1. The zero-order chi connectivity index (χ0) is 22.4. The summed E-state index contributed by atoms with van der Waals surface area (Å²) in [5, 5.41) is 2.80. The predicted molar refractivity (Wildman–Crippen MR) is 130 cm³/mol. The summed E-state index contributed by atoms with van der Waals surface area (Å²) >= 11 is 6.66. The number of hydrogen-bond donors (Lipinski definition) is 1. The summed E-state index contributed by atoms with van der Waals surface area (Å²) in [6.07, 6.45) is 3.60. The van der Waals surface area contributed by atoms with Gasteiger partial charge in [0.2, 0.25) is 5.91 Å². The second kappa shape index (κ2) is 10.5. The number of hydrogen-bond acceptors (Lipinski definition) is 5. The second-order valence-corrected chi connectivity index (χ2v) is 8.89. The van der Waals surface area contributed by atoms with E-state index < -0.39 is 0 Å². The van der Waals surface area contributed by atoms with Gasteiger partial charge in [0.25, 0.3) is 5.91 Å². The van der Waals surface area contributed by atoms with E-state index in [0.29, 0.717) is 33.4 Å². The summed E-state index contributed by atoms with van der Waals surface area (Å²) in [4.78, 5) is 38.4. The van der Waals surface area contributed by atoms with E-state index in [0.717, 1.165) is 12.0 Å². The Morgan fingerprint density at radius 1 is 1.10 bits per heavy atom. The number of Topliss-reactive ketones (excluding diaryl/α,β-unsaturated/α-hetero) is 1. The molecule has 0 aromatic heterocycles. The van der Waals surface area contributed by atoms with Crippen molar-refractivity contribution in [1.82, 2.24) is 4.90 Å². The Hall–Kier alpha value is -2.77. The van der Waals surface area contributed by atoms with Gasteiger partial charge in [-0.1, -0.05) is 55.2 Å². The molecule has 0 aliphatic carbocycles. The highest BCUT2D eigenvalue weighted by atomic mass is 32.2. The minimum Gasteiger partial charge on any atom is -0.326 e. The molecule has 0 saturated carbocycles. The SMILES string of the molecule is CCc1ccc(/C=C2/SC(=S)N(CCCC(=O)Nc3ccc(C(C)=O)cc3)C2=O)cc1. The maximum absolute atomic E-state index is 12.7. The van der Waals surface area contributed by atoms with E-state index in [-0.39, 0.29) is 24.0 Å². The number of amides is 2. The predicted octanol–water partition coefficient (Wildman–Crippen LogP) is 5.07. The molecule has 2 aromatic carbocycles. The third-order valence-corrected chi connectivity index (χ3v) is 6.30. The van der Waals surface area contributed by atoms with Gasteiger partial charge in [-0.05, 0) is 61.2 Å². The molecule has 1 saturated heterocycles. The van der Waals surface area contributed by atoms with Gasteiger partial charge < -0.3 is 5.32 Å². The lowest BCUT2D eigenvalue weighted by Crippen LogP contribution is -2.29. The van der Waals surface area contributed by atoms with E-state index in [1.165, 1.54) is 24.2 Å². The zero-order valence-electron chi connectivity index (χ0n) is 17.5. The number of aryl methyl sites for hydroxylation is 1. The molecule has 1 heterocycles. The summed E-state index contributed by atoms with van der Waals surface area (Å²) in [5.74, 6) is -0.282. The van der Waals surface area contributed by atoms with Crippen LogP contribution in [-0.2, 0) is 16.0 Å². The minimum absolute atomic E-state index is 0.0200. The van der Waals surface area contributed by atoms with Crippen molar-refractivity contribution in [2.45, 2.75) is 33.1 Å². The fourth-order valence-electron chi connectivity index (χ4n) is 3.10. The van der Waals surface area contributed by atoms with Crippen molar-refractivity contribution in [3.05, 3.63) is 70.1 Å². The first-order valence-electron chi connectivity index (χ1n) is 10.1. The number of benzene rings is 2.